The maximum absolute atomic E-state index is 13.3. The van der Waals surface area contributed by atoms with Crippen molar-refractivity contribution < 1.29 is 18.8 Å². The van der Waals surface area contributed by atoms with Gasteiger partial charge in [-0.25, -0.2) is 4.79 Å². The molecule has 0 spiro atoms. The van der Waals surface area contributed by atoms with Crippen LogP contribution in [0.2, 0.25) is 0 Å². The van der Waals surface area contributed by atoms with Gasteiger partial charge in [-0.3, -0.25) is 13.9 Å². The van der Waals surface area contributed by atoms with Crippen molar-refractivity contribution in [3.63, 3.8) is 0 Å². The van der Waals surface area contributed by atoms with E-state index in [0.717, 1.165) is 5.52 Å². The van der Waals surface area contributed by atoms with Crippen molar-refractivity contribution in [2.75, 3.05) is 18.5 Å². The van der Waals surface area contributed by atoms with Crippen LogP contribution < -0.4 is 20.5 Å². The summed E-state index contributed by atoms with van der Waals surface area (Å²) in [7, 11) is 0. The first-order valence-corrected chi connectivity index (χ1v) is 11.6. The van der Waals surface area contributed by atoms with E-state index in [2.05, 4.69) is 15.5 Å². The number of aromatic nitrogens is 4. The lowest BCUT2D eigenvalue weighted by molar-refractivity contribution is -0.116. The number of imidazole rings is 1. The van der Waals surface area contributed by atoms with E-state index in [1.165, 1.54) is 4.57 Å². The minimum Gasteiger partial charge on any atom is -0.494 e. The number of nitrogens with one attached hydrogen (secondary N) is 1. The maximum Gasteiger partial charge on any atom is 0.329 e. The van der Waals surface area contributed by atoms with Gasteiger partial charge in [-0.15, -0.1) is 0 Å². The van der Waals surface area contributed by atoms with Crippen LogP contribution in [0.1, 0.15) is 39.6 Å². The van der Waals surface area contributed by atoms with Crippen LogP contribution in [0, 0.1) is 6.92 Å². The van der Waals surface area contributed by atoms with Crippen LogP contribution in [0.5, 0.6) is 11.5 Å². The Morgan fingerprint density at radius 3 is 2.51 bits per heavy atom. The molecule has 10 nitrogen and oxygen atoms in total. The van der Waals surface area contributed by atoms with Gasteiger partial charge in [-0.2, -0.15) is 4.98 Å². The standard InChI is InChI=1S/C25H29N5O5/c1-6-33-18-9-11-22(34-7-2)19(13-18)27-23(31)14-29-21-12-17(24-26-16(5)35-28-24)8-10-20(21)30(15(3)4)25(29)32/h8-13,15H,6-7,14H2,1-5H3,(H,27,31). The van der Waals surface area contributed by atoms with Crippen LogP contribution >= 0.6 is 0 Å². The van der Waals surface area contributed by atoms with Gasteiger partial charge in [0.15, 0.2) is 0 Å². The van der Waals surface area contributed by atoms with E-state index in [0.29, 0.717) is 53.2 Å². The van der Waals surface area contributed by atoms with E-state index < -0.39 is 0 Å². The van der Waals surface area contributed by atoms with E-state index >= 15 is 0 Å². The molecule has 184 valence electrons. The van der Waals surface area contributed by atoms with Gasteiger partial charge in [-0.05, 0) is 58.0 Å². The third-order valence-corrected chi connectivity index (χ3v) is 5.40. The molecule has 2 aromatic carbocycles. The van der Waals surface area contributed by atoms with Crippen molar-refractivity contribution in [3.05, 3.63) is 52.8 Å². The summed E-state index contributed by atoms with van der Waals surface area (Å²) in [6.45, 7) is 10.1. The third kappa shape index (κ3) is 4.91. The Bertz CT molecular complexity index is 1420. The Balaban J connectivity index is 1.71. The van der Waals surface area contributed by atoms with E-state index in [-0.39, 0.29) is 24.2 Å². The molecule has 0 radical (unpaired) electrons. The van der Waals surface area contributed by atoms with Gasteiger partial charge in [0.1, 0.15) is 18.0 Å². The molecule has 0 saturated heterocycles. The first-order chi connectivity index (χ1) is 16.8. The summed E-state index contributed by atoms with van der Waals surface area (Å²) >= 11 is 0. The molecule has 1 N–H and O–H groups in total. The van der Waals surface area contributed by atoms with Gasteiger partial charge in [0.05, 0.1) is 29.9 Å². The Labute approximate surface area is 202 Å². The number of anilines is 1. The summed E-state index contributed by atoms with van der Waals surface area (Å²) in [5.74, 6) is 1.62. The zero-order chi connectivity index (χ0) is 25.1. The number of hydrogen-bond donors (Lipinski definition) is 1. The number of ether oxygens (including phenoxy) is 2. The second-order valence-electron chi connectivity index (χ2n) is 8.25. The average Bonchev–Trinajstić information content (AvgIpc) is 3.36. The summed E-state index contributed by atoms with van der Waals surface area (Å²) in [5.41, 5.74) is 2.21. The smallest absolute Gasteiger partial charge is 0.329 e. The van der Waals surface area contributed by atoms with Crippen LogP contribution in [-0.4, -0.2) is 38.4 Å². The molecule has 4 aromatic rings. The van der Waals surface area contributed by atoms with Crippen molar-refractivity contribution in [2.24, 2.45) is 0 Å². The van der Waals surface area contributed by atoms with Crippen molar-refractivity contribution in [1.82, 2.24) is 19.3 Å². The van der Waals surface area contributed by atoms with Crippen LogP contribution in [0.4, 0.5) is 5.69 Å². The van der Waals surface area contributed by atoms with Crippen LogP contribution in [0.25, 0.3) is 22.4 Å². The normalized spacial score (nSPS) is 11.3. The highest BCUT2D eigenvalue weighted by molar-refractivity contribution is 5.93. The van der Waals surface area contributed by atoms with Crippen molar-refractivity contribution in [3.8, 4) is 22.9 Å². The van der Waals surface area contributed by atoms with Crippen LogP contribution in [-0.2, 0) is 11.3 Å². The Hall–Kier alpha value is -4.08. The molecule has 0 unspecified atom stereocenters. The molecule has 2 heterocycles. The zero-order valence-corrected chi connectivity index (χ0v) is 20.5. The van der Waals surface area contributed by atoms with E-state index in [9.17, 15) is 9.59 Å². The highest BCUT2D eigenvalue weighted by Gasteiger charge is 2.20. The Morgan fingerprint density at radius 2 is 1.86 bits per heavy atom. The molecule has 0 fully saturated rings. The number of fused-ring (bicyclic) bond motifs is 1. The van der Waals surface area contributed by atoms with Gasteiger partial charge in [-0.1, -0.05) is 5.16 Å². The first kappa shape index (κ1) is 24.1. The van der Waals surface area contributed by atoms with Crippen molar-refractivity contribution >= 4 is 22.6 Å². The summed E-state index contributed by atoms with van der Waals surface area (Å²) < 4.78 is 19.4. The Kier molecular flexibility index (Phi) is 6.90. The van der Waals surface area contributed by atoms with Gasteiger partial charge in [0.2, 0.25) is 17.6 Å². The van der Waals surface area contributed by atoms with Crippen LogP contribution in [0.3, 0.4) is 0 Å². The summed E-state index contributed by atoms with van der Waals surface area (Å²) in [6.07, 6.45) is 0. The molecular formula is C25H29N5O5. The summed E-state index contributed by atoms with van der Waals surface area (Å²) in [5, 5.41) is 6.84. The number of carbonyl (C=O) groups excluding carboxylic acids is 1. The molecule has 1 amide bonds. The Morgan fingerprint density at radius 1 is 1.09 bits per heavy atom. The number of rotatable bonds is 9. The highest BCUT2D eigenvalue weighted by Crippen LogP contribution is 2.30. The number of nitrogens with zero attached hydrogens (tertiary/aromatic N) is 4. The highest BCUT2D eigenvalue weighted by atomic mass is 16.5. The fraction of sp³-hybridized carbons (Fsp3) is 0.360. The number of benzene rings is 2. The maximum atomic E-state index is 13.3. The van der Waals surface area contributed by atoms with Crippen LogP contribution in [0.15, 0.2) is 45.7 Å². The zero-order valence-electron chi connectivity index (χ0n) is 20.5. The quantitative estimate of drug-likeness (QED) is 0.383. The number of aryl methyl sites for hydroxylation is 1. The fourth-order valence-electron chi connectivity index (χ4n) is 3.96. The van der Waals surface area contributed by atoms with Crippen molar-refractivity contribution in [1.29, 1.82) is 0 Å². The molecule has 35 heavy (non-hydrogen) atoms. The summed E-state index contributed by atoms with van der Waals surface area (Å²) in [4.78, 5) is 30.7. The van der Waals surface area contributed by atoms with E-state index in [1.54, 1.807) is 35.8 Å². The molecule has 0 aliphatic carbocycles. The van der Waals surface area contributed by atoms with E-state index in [1.807, 2.05) is 39.8 Å². The lowest BCUT2D eigenvalue weighted by Gasteiger charge is -2.14. The third-order valence-electron chi connectivity index (χ3n) is 5.40. The van der Waals surface area contributed by atoms with Gasteiger partial charge < -0.3 is 19.3 Å². The average molecular weight is 480 g/mol. The van der Waals surface area contributed by atoms with Crippen molar-refractivity contribution in [2.45, 2.75) is 47.2 Å². The largest absolute Gasteiger partial charge is 0.494 e. The fourth-order valence-corrected chi connectivity index (χ4v) is 3.96. The minimum absolute atomic E-state index is 0.0972. The predicted molar refractivity (Wildman–Crippen MR) is 132 cm³/mol. The second kappa shape index (κ2) is 10.0. The topological polar surface area (TPSA) is 113 Å². The first-order valence-electron chi connectivity index (χ1n) is 11.6. The van der Waals surface area contributed by atoms with E-state index in [4.69, 9.17) is 14.0 Å². The molecule has 4 rings (SSSR count). The number of hydrogen-bond acceptors (Lipinski definition) is 7. The predicted octanol–water partition coefficient (Wildman–Crippen LogP) is 4.18. The minimum atomic E-state index is -0.370. The lowest BCUT2D eigenvalue weighted by atomic mass is 10.2. The SMILES string of the molecule is CCOc1ccc(OCC)c(NC(=O)Cn2c(=O)n(C(C)C)c3ccc(-c4noc(C)n4)cc32)c1. The number of carbonyl (C=O) groups is 1. The molecule has 10 heteroatoms. The molecule has 0 aliphatic heterocycles. The number of amides is 1. The second-order valence-corrected chi connectivity index (χ2v) is 8.25. The lowest BCUT2D eigenvalue weighted by Crippen LogP contribution is -2.30. The monoisotopic (exact) mass is 479 g/mol. The molecular weight excluding hydrogens is 450 g/mol. The molecule has 0 saturated carbocycles. The molecule has 0 bridgehead atoms. The van der Waals surface area contributed by atoms with Gasteiger partial charge in [0.25, 0.3) is 0 Å². The molecule has 0 aliphatic rings. The molecule has 2 aromatic heterocycles. The van der Waals surface area contributed by atoms with Gasteiger partial charge >= 0.3 is 5.69 Å². The van der Waals surface area contributed by atoms with Gasteiger partial charge in [0, 0.05) is 24.6 Å². The summed E-state index contributed by atoms with van der Waals surface area (Å²) in [6, 6.07) is 10.6. The molecule has 0 atom stereocenters.